The molecule has 8 nitrogen and oxygen atoms in total. The SMILES string of the molecule is Cc1cc(-c2cn(C(C)(C)C)c3nc(C(=O)N4CCN(CC(N)=O)C(=O)C4(C)C)ccc23)ccc1Cl. The average Bonchev–Trinajstić information content (AvgIpc) is 3.18. The molecular formula is C27H32ClN5O3. The summed E-state index contributed by atoms with van der Waals surface area (Å²) < 4.78 is 2.07. The van der Waals surface area contributed by atoms with E-state index in [1.165, 1.54) is 9.80 Å². The average molecular weight is 510 g/mol. The minimum atomic E-state index is -1.14. The summed E-state index contributed by atoms with van der Waals surface area (Å²) in [7, 11) is 0. The second kappa shape index (κ2) is 8.92. The van der Waals surface area contributed by atoms with E-state index in [2.05, 4.69) is 31.5 Å². The largest absolute Gasteiger partial charge is 0.368 e. The number of fused-ring (bicyclic) bond motifs is 1. The highest BCUT2D eigenvalue weighted by molar-refractivity contribution is 6.31. The van der Waals surface area contributed by atoms with Crippen LogP contribution >= 0.6 is 11.6 Å². The van der Waals surface area contributed by atoms with E-state index in [0.717, 1.165) is 22.1 Å². The van der Waals surface area contributed by atoms with Gasteiger partial charge in [0.1, 0.15) is 16.9 Å². The molecule has 1 aliphatic rings. The number of pyridine rings is 1. The summed E-state index contributed by atoms with van der Waals surface area (Å²) in [5.41, 5.74) is 7.80. The van der Waals surface area contributed by atoms with Gasteiger partial charge in [0, 0.05) is 40.8 Å². The number of nitrogens with two attached hydrogens (primary N) is 1. The van der Waals surface area contributed by atoms with Crippen LogP contribution in [0.4, 0.5) is 0 Å². The van der Waals surface area contributed by atoms with E-state index < -0.39 is 11.4 Å². The van der Waals surface area contributed by atoms with Gasteiger partial charge in [-0.1, -0.05) is 17.7 Å². The summed E-state index contributed by atoms with van der Waals surface area (Å²) in [4.78, 5) is 45.8. The van der Waals surface area contributed by atoms with E-state index in [4.69, 9.17) is 22.3 Å². The number of aryl methyl sites for hydroxylation is 1. The van der Waals surface area contributed by atoms with Crippen LogP contribution in [0.2, 0.25) is 5.02 Å². The topological polar surface area (TPSA) is 102 Å². The summed E-state index contributed by atoms with van der Waals surface area (Å²) >= 11 is 6.25. The molecule has 4 rings (SSSR count). The van der Waals surface area contributed by atoms with Crippen molar-refractivity contribution >= 4 is 40.4 Å². The number of piperazine rings is 1. The van der Waals surface area contributed by atoms with Crippen LogP contribution in [0, 0.1) is 6.92 Å². The van der Waals surface area contributed by atoms with Crippen LogP contribution in [-0.2, 0) is 15.1 Å². The second-order valence-electron chi connectivity index (χ2n) is 10.8. The lowest BCUT2D eigenvalue weighted by Gasteiger charge is -2.45. The van der Waals surface area contributed by atoms with E-state index >= 15 is 0 Å². The summed E-state index contributed by atoms with van der Waals surface area (Å²) in [5, 5.41) is 1.63. The smallest absolute Gasteiger partial charge is 0.273 e. The summed E-state index contributed by atoms with van der Waals surface area (Å²) in [6, 6.07) is 9.53. The van der Waals surface area contributed by atoms with Gasteiger partial charge in [0.25, 0.3) is 5.91 Å². The monoisotopic (exact) mass is 509 g/mol. The van der Waals surface area contributed by atoms with Crippen molar-refractivity contribution < 1.29 is 14.4 Å². The third-order valence-electron chi connectivity index (χ3n) is 6.73. The summed E-state index contributed by atoms with van der Waals surface area (Å²) in [5.74, 6) is -1.24. The third-order valence-corrected chi connectivity index (χ3v) is 7.16. The van der Waals surface area contributed by atoms with Crippen molar-refractivity contribution in [3.8, 4) is 11.1 Å². The van der Waals surface area contributed by atoms with Gasteiger partial charge in [-0.15, -0.1) is 0 Å². The molecule has 0 saturated carbocycles. The summed E-state index contributed by atoms with van der Waals surface area (Å²) in [6.07, 6.45) is 2.06. The Balaban J connectivity index is 1.77. The number of nitrogens with zero attached hydrogens (tertiary/aromatic N) is 4. The minimum Gasteiger partial charge on any atom is -0.368 e. The molecule has 0 atom stereocenters. The molecule has 9 heteroatoms. The molecule has 36 heavy (non-hydrogen) atoms. The molecule has 1 saturated heterocycles. The Kier molecular flexibility index (Phi) is 6.37. The summed E-state index contributed by atoms with van der Waals surface area (Å²) in [6.45, 7) is 11.9. The molecule has 1 fully saturated rings. The number of rotatable bonds is 4. The standard InChI is InChI=1S/C27H32ClN5O3/c1-16-13-17(7-9-20(16)28)19-14-33(26(2,3)4)23-18(19)8-10-21(30-23)24(35)32-12-11-31(15-22(29)34)25(36)27(32,5)6/h7-10,13-14H,11-12,15H2,1-6H3,(H2,29,34). The van der Waals surface area contributed by atoms with E-state index in [0.29, 0.717) is 10.7 Å². The van der Waals surface area contributed by atoms with Crippen molar-refractivity contribution in [2.45, 2.75) is 52.6 Å². The number of aromatic nitrogens is 2. The molecule has 0 radical (unpaired) electrons. The first-order chi connectivity index (χ1) is 16.7. The Morgan fingerprint density at radius 3 is 2.44 bits per heavy atom. The Morgan fingerprint density at radius 2 is 1.83 bits per heavy atom. The molecule has 2 aromatic heterocycles. The van der Waals surface area contributed by atoms with Gasteiger partial charge in [-0.25, -0.2) is 4.98 Å². The van der Waals surface area contributed by atoms with Crippen LogP contribution in [-0.4, -0.2) is 62.2 Å². The normalized spacial score (nSPS) is 16.0. The Hall–Kier alpha value is -3.39. The fourth-order valence-electron chi connectivity index (χ4n) is 4.71. The number of halogens is 1. The van der Waals surface area contributed by atoms with Crippen LogP contribution in [0.5, 0.6) is 0 Å². The maximum atomic E-state index is 13.6. The minimum absolute atomic E-state index is 0.166. The van der Waals surface area contributed by atoms with Gasteiger partial charge in [0.15, 0.2) is 0 Å². The number of carbonyl (C=O) groups is 3. The maximum absolute atomic E-state index is 13.6. The van der Waals surface area contributed by atoms with Gasteiger partial charge in [-0.3, -0.25) is 14.4 Å². The van der Waals surface area contributed by atoms with Gasteiger partial charge in [0.2, 0.25) is 11.8 Å². The van der Waals surface area contributed by atoms with Gasteiger partial charge < -0.3 is 20.1 Å². The van der Waals surface area contributed by atoms with Crippen molar-refractivity contribution in [3.05, 3.63) is 52.8 Å². The lowest BCUT2D eigenvalue weighted by molar-refractivity contribution is -0.148. The van der Waals surface area contributed by atoms with E-state index in [9.17, 15) is 14.4 Å². The molecule has 0 unspecified atom stereocenters. The Labute approximate surface area is 216 Å². The molecule has 3 heterocycles. The number of hydrogen-bond acceptors (Lipinski definition) is 4. The molecule has 0 aliphatic carbocycles. The zero-order valence-corrected chi connectivity index (χ0v) is 22.3. The van der Waals surface area contributed by atoms with Crippen LogP contribution in [0.3, 0.4) is 0 Å². The molecule has 0 bridgehead atoms. The zero-order chi connectivity index (χ0) is 26.6. The highest BCUT2D eigenvalue weighted by Crippen LogP contribution is 2.35. The molecule has 1 aromatic carbocycles. The van der Waals surface area contributed by atoms with E-state index in [1.807, 2.05) is 31.2 Å². The van der Waals surface area contributed by atoms with Crippen molar-refractivity contribution in [2.75, 3.05) is 19.6 Å². The lowest BCUT2D eigenvalue weighted by Crippen LogP contribution is -2.65. The third kappa shape index (κ3) is 4.46. The number of hydrogen-bond donors (Lipinski definition) is 1. The van der Waals surface area contributed by atoms with E-state index in [1.54, 1.807) is 19.9 Å². The van der Waals surface area contributed by atoms with Gasteiger partial charge in [0.05, 0.1) is 6.54 Å². The van der Waals surface area contributed by atoms with Crippen molar-refractivity contribution in [3.63, 3.8) is 0 Å². The van der Waals surface area contributed by atoms with Crippen LogP contribution in [0.25, 0.3) is 22.2 Å². The highest BCUT2D eigenvalue weighted by atomic mass is 35.5. The van der Waals surface area contributed by atoms with Crippen molar-refractivity contribution in [2.24, 2.45) is 5.73 Å². The lowest BCUT2D eigenvalue weighted by atomic mass is 9.96. The highest BCUT2D eigenvalue weighted by Gasteiger charge is 2.45. The predicted molar refractivity (Wildman–Crippen MR) is 141 cm³/mol. The first kappa shape index (κ1) is 25.7. The molecule has 3 aromatic rings. The van der Waals surface area contributed by atoms with Crippen LogP contribution < -0.4 is 5.73 Å². The molecule has 0 spiro atoms. The van der Waals surface area contributed by atoms with Crippen molar-refractivity contribution in [1.82, 2.24) is 19.4 Å². The quantitative estimate of drug-likeness (QED) is 0.575. The molecular weight excluding hydrogens is 478 g/mol. The van der Waals surface area contributed by atoms with Gasteiger partial charge in [-0.2, -0.15) is 0 Å². The Morgan fingerprint density at radius 1 is 1.14 bits per heavy atom. The zero-order valence-electron chi connectivity index (χ0n) is 21.6. The molecule has 190 valence electrons. The molecule has 2 N–H and O–H groups in total. The number of amides is 3. The first-order valence-electron chi connectivity index (χ1n) is 11.9. The fourth-order valence-corrected chi connectivity index (χ4v) is 4.83. The van der Waals surface area contributed by atoms with Gasteiger partial charge >= 0.3 is 0 Å². The van der Waals surface area contributed by atoms with E-state index in [-0.39, 0.29) is 42.7 Å². The second-order valence-corrected chi connectivity index (χ2v) is 11.2. The maximum Gasteiger partial charge on any atom is 0.273 e. The predicted octanol–water partition coefficient (Wildman–Crippen LogP) is 3.97. The fraction of sp³-hybridized carbons (Fsp3) is 0.407. The first-order valence-corrected chi connectivity index (χ1v) is 12.3. The van der Waals surface area contributed by atoms with Crippen LogP contribution in [0.1, 0.15) is 50.7 Å². The van der Waals surface area contributed by atoms with Crippen LogP contribution in [0.15, 0.2) is 36.5 Å². The van der Waals surface area contributed by atoms with Crippen molar-refractivity contribution in [1.29, 1.82) is 0 Å². The molecule has 1 aliphatic heterocycles. The van der Waals surface area contributed by atoms with Gasteiger partial charge in [-0.05, 0) is 76.9 Å². The Bertz CT molecular complexity index is 1390. The number of primary amides is 1. The molecule has 3 amide bonds. The number of carbonyl (C=O) groups excluding carboxylic acids is 3. The number of benzene rings is 1.